The fraction of sp³-hybridized carbons (Fsp3) is 0.519. The first-order chi connectivity index (χ1) is 17.2. The molecule has 0 spiro atoms. The Bertz CT molecular complexity index is 1210. The van der Waals surface area contributed by atoms with Gasteiger partial charge in [0.1, 0.15) is 17.6 Å². The van der Waals surface area contributed by atoms with Crippen LogP contribution in [0.4, 0.5) is 10.1 Å². The molecule has 0 saturated heterocycles. The van der Waals surface area contributed by atoms with E-state index in [1.165, 1.54) is 20.0 Å². The normalized spacial score (nSPS) is 13.2. The molecule has 0 bridgehead atoms. The van der Waals surface area contributed by atoms with Gasteiger partial charge in [-0.3, -0.25) is 9.36 Å². The Labute approximate surface area is 217 Å². The van der Waals surface area contributed by atoms with Gasteiger partial charge in [-0.05, 0) is 72.2 Å². The van der Waals surface area contributed by atoms with Crippen molar-refractivity contribution in [3.63, 3.8) is 0 Å². The topological polar surface area (TPSA) is 124 Å². The third kappa shape index (κ3) is 7.95. The highest BCUT2D eigenvalue weighted by Crippen LogP contribution is 2.24. The molecule has 1 amide bonds. The molecule has 202 valence electrons. The van der Waals surface area contributed by atoms with Crippen molar-refractivity contribution in [2.24, 2.45) is 0 Å². The standard InChI is InChI=1S/C27H39FN6O3/c1-17(2)33-21-12-23(30-15-20(21)25(35)32-16-22(28)27(5,6)37)34-10-7-19-11-18(14-31-24(19)34)13-29-9-8-26(3,4)36/h7,10-12,14-15,17,22,29,36-37H,8-9,13,16H2,1-6H3,(H,30,33)(H,32,35)/t22-/m1/s1. The monoisotopic (exact) mass is 514 g/mol. The van der Waals surface area contributed by atoms with Crippen LogP contribution in [0.3, 0.4) is 0 Å². The maximum atomic E-state index is 14.1. The lowest BCUT2D eigenvalue weighted by molar-refractivity contribution is -0.00178. The van der Waals surface area contributed by atoms with Crippen LogP contribution in [-0.2, 0) is 6.54 Å². The third-order valence-electron chi connectivity index (χ3n) is 5.86. The van der Waals surface area contributed by atoms with Gasteiger partial charge in [0.15, 0.2) is 0 Å². The van der Waals surface area contributed by atoms with Crippen LogP contribution in [0.5, 0.6) is 0 Å². The average Bonchev–Trinajstić information content (AvgIpc) is 3.21. The fourth-order valence-electron chi connectivity index (χ4n) is 3.69. The Balaban J connectivity index is 1.80. The number of alkyl halides is 1. The van der Waals surface area contributed by atoms with Crippen LogP contribution >= 0.6 is 0 Å². The number of nitrogens with zero attached hydrogens (tertiary/aromatic N) is 3. The van der Waals surface area contributed by atoms with E-state index in [9.17, 15) is 19.4 Å². The van der Waals surface area contributed by atoms with Gasteiger partial charge in [0, 0.05) is 42.6 Å². The van der Waals surface area contributed by atoms with Crippen LogP contribution < -0.4 is 16.0 Å². The molecule has 0 unspecified atom stereocenters. The third-order valence-corrected chi connectivity index (χ3v) is 5.86. The van der Waals surface area contributed by atoms with E-state index in [4.69, 9.17) is 0 Å². The Morgan fingerprint density at radius 1 is 1.14 bits per heavy atom. The van der Waals surface area contributed by atoms with Crippen LogP contribution in [0.1, 0.15) is 63.9 Å². The Morgan fingerprint density at radius 3 is 2.51 bits per heavy atom. The van der Waals surface area contributed by atoms with Crippen molar-refractivity contribution in [1.82, 2.24) is 25.2 Å². The van der Waals surface area contributed by atoms with Crippen LogP contribution in [0.15, 0.2) is 36.8 Å². The van der Waals surface area contributed by atoms with Gasteiger partial charge in [-0.25, -0.2) is 14.4 Å². The number of carbonyl (C=O) groups is 1. The Hall–Kier alpha value is -3.08. The first-order valence-corrected chi connectivity index (χ1v) is 12.6. The van der Waals surface area contributed by atoms with E-state index in [2.05, 4.69) is 32.0 Å². The lowest BCUT2D eigenvalue weighted by Gasteiger charge is -2.23. The molecule has 10 heteroatoms. The molecule has 3 aromatic heterocycles. The van der Waals surface area contributed by atoms with Gasteiger partial charge in [-0.15, -0.1) is 0 Å². The zero-order valence-corrected chi connectivity index (χ0v) is 22.5. The van der Waals surface area contributed by atoms with Crippen molar-refractivity contribution >= 4 is 22.6 Å². The Kier molecular flexibility index (Phi) is 8.88. The lowest BCUT2D eigenvalue weighted by atomic mass is 10.0. The first kappa shape index (κ1) is 28.5. The molecule has 3 heterocycles. The molecule has 3 rings (SSSR count). The summed E-state index contributed by atoms with van der Waals surface area (Å²) >= 11 is 0. The molecule has 0 fully saturated rings. The summed E-state index contributed by atoms with van der Waals surface area (Å²) in [7, 11) is 0. The van der Waals surface area contributed by atoms with Gasteiger partial charge < -0.3 is 26.2 Å². The highest BCUT2D eigenvalue weighted by atomic mass is 19.1. The van der Waals surface area contributed by atoms with Gasteiger partial charge in [0.05, 0.1) is 29.0 Å². The fourth-order valence-corrected chi connectivity index (χ4v) is 3.69. The van der Waals surface area contributed by atoms with E-state index in [1.54, 1.807) is 26.1 Å². The lowest BCUT2D eigenvalue weighted by Crippen LogP contribution is -2.42. The number of aromatic nitrogens is 3. The van der Waals surface area contributed by atoms with Crippen molar-refractivity contribution in [2.45, 2.75) is 77.9 Å². The summed E-state index contributed by atoms with van der Waals surface area (Å²) in [6.45, 7) is 11.2. The summed E-state index contributed by atoms with van der Waals surface area (Å²) < 4.78 is 16.0. The predicted octanol–water partition coefficient (Wildman–Crippen LogP) is 3.33. The molecule has 0 aliphatic carbocycles. The highest BCUT2D eigenvalue weighted by Gasteiger charge is 2.27. The van der Waals surface area contributed by atoms with Gasteiger partial charge in [0.25, 0.3) is 5.91 Å². The molecule has 0 aliphatic heterocycles. The molecule has 0 aliphatic rings. The zero-order chi connectivity index (χ0) is 27.4. The summed E-state index contributed by atoms with van der Waals surface area (Å²) in [5.41, 5.74) is 0.342. The van der Waals surface area contributed by atoms with Crippen molar-refractivity contribution in [2.75, 3.05) is 18.4 Å². The highest BCUT2D eigenvalue weighted by molar-refractivity contribution is 5.99. The number of pyridine rings is 2. The largest absolute Gasteiger partial charge is 0.390 e. The molecule has 37 heavy (non-hydrogen) atoms. The summed E-state index contributed by atoms with van der Waals surface area (Å²) in [5, 5.41) is 29.7. The van der Waals surface area contributed by atoms with Crippen molar-refractivity contribution in [3.8, 4) is 5.82 Å². The summed E-state index contributed by atoms with van der Waals surface area (Å²) in [4.78, 5) is 21.9. The number of aliphatic hydroxyl groups is 2. The number of hydrogen-bond donors (Lipinski definition) is 5. The smallest absolute Gasteiger partial charge is 0.255 e. The van der Waals surface area contributed by atoms with Crippen molar-refractivity contribution in [3.05, 3.63) is 47.9 Å². The quantitative estimate of drug-likeness (QED) is 0.235. The second-order valence-corrected chi connectivity index (χ2v) is 10.9. The number of anilines is 1. The maximum Gasteiger partial charge on any atom is 0.255 e. The predicted molar refractivity (Wildman–Crippen MR) is 144 cm³/mol. The number of rotatable bonds is 12. The molecule has 1 atom stereocenters. The average molecular weight is 515 g/mol. The summed E-state index contributed by atoms with van der Waals surface area (Å²) in [5.74, 6) is 0.101. The van der Waals surface area contributed by atoms with Gasteiger partial charge in [-0.2, -0.15) is 0 Å². The van der Waals surface area contributed by atoms with Gasteiger partial charge in [0.2, 0.25) is 0 Å². The molecule has 3 aromatic rings. The molecule has 0 radical (unpaired) electrons. The minimum Gasteiger partial charge on any atom is -0.390 e. The van der Waals surface area contributed by atoms with E-state index >= 15 is 0 Å². The van der Waals surface area contributed by atoms with Gasteiger partial charge >= 0.3 is 0 Å². The van der Waals surface area contributed by atoms with Crippen LogP contribution in [-0.4, -0.2) is 67.2 Å². The van der Waals surface area contributed by atoms with Crippen molar-refractivity contribution in [1.29, 1.82) is 0 Å². The second kappa shape index (κ2) is 11.5. The van der Waals surface area contributed by atoms with E-state index in [-0.39, 0.29) is 18.2 Å². The summed E-state index contributed by atoms with van der Waals surface area (Å²) in [6, 6.07) is 5.82. The number of halogens is 1. The van der Waals surface area contributed by atoms with Crippen molar-refractivity contribution < 1.29 is 19.4 Å². The maximum absolute atomic E-state index is 14.1. The minimum atomic E-state index is -1.61. The minimum absolute atomic E-state index is 0.0399. The van der Waals surface area contributed by atoms with E-state index in [0.717, 1.165) is 16.6 Å². The van der Waals surface area contributed by atoms with E-state index in [0.29, 0.717) is 31.0 Å². The van der Waals surface area contributed by atoms with E-state index in [1.807, 2.05) is 30.7 Å². The number of nitrogens with one attached hydrogen (secondary N) is 3. The first-order valence-electron chi connectivity index (χ1n) is 12.6. The SMILES string of the molecule is CC(C)Nc1cc(-n2ccc3cc(CNCCC(C)(C)O)cnc32)ncc1C(=O)NC[C@@H](F)C(C)(C)O. The Morgan fingerprint density at radius 2 is 1.86 bits per heavy atom. The number of hydrogen-bond acceptors (Lipinski definition) is 7. The molecular formula is C27H39FN6O3. The number of fused-ring (bicyclic) bond motifs is 1. The van der Waals surface area contributed by atoms with Crippen LogP contribution in [0, 0.1) is 0 Å². The van der Waals surface area contributed by atoms with Gasteiger partial charge in [-0.1, -0.05) is 0 Å². The summed E-state index contributed by atoms with van der Waals surface area (Å²) in [6.07, 6.45) is 4.19. The molecule has 9 nitrogen and oxygen atoms in total. The molecule has 0 saturated carbocycles. The van der Waals surface area contributed by atoms with Crippen LogP contribution in [0.2, 0.25) is 0 Å². The molecule has 5 N–H and O–H groups in total. The number of amides is 1. The second-order valence-electron chi connectivity index (χ2n) is 10.9. The molecule has 0 aromatic carbocycles. The number of carbonyl (C=O) groups excluding carboxylic acids is 1. The van der Waals surface area contributed by atoms with E-state index < -0.39 is 23.3 Å². The van der Waals surface area contributed by atoms with Crippen LogP contribution in [0.25, 0.3) is 16.9 Å². The molecular weight excluding hydrogens is 475 g/mol. The zero-order valence-electron chi connectivity index (χ0n) is 22.5.